The first-order valence-corrected chi connectivity index (χ1v) is 11.2. The molecule has 2 amide bonds. The van der Waals surface area contributed by atoms with Gasteiger partial charge < -0.3 is 15.0 Å². The molecular formula is C21H28N2O3S. The van der Waals surface area contributed by atoms with Crippen LogP contribution in [0, 0.1) is 18.8 Å². The zero-order chi connectivity index (χ0) is 19.0. The van der Waals surface area contributed by atoms with E-state index in [0.717, 1.165) is 37.2 Å². The van der Waals surface area contributed by atoms with Gasteiger partial charge in [0.05, 0.1) is 18.2 Å². The Morgan fingerprint density at radius 1 is 1.41 bits per heavy atom. The molecule has 3 fully saturated rings. The van der Waals surface area contributed by atoms with E-state index in [4.69, 9.17) is 4.74 Å². The van der Waals surface area contributed by atoms with Crippen molar-refractivity contribution in [3.05, 3.63) is 35.4 Å². The molecule has 3 aliphatic rings. The van der Waals surface area contributed by atoms with Crippen molar-refractivity contribution in [2.75, 3.05) is 31.6 Å². The molecule has 4 rings (SSSR count). The van der Waals surface area contributed by atoms with Gasteiger partial charge in [0, 0.05) is 42.7 Å². The first-order chi connectivity index (χ1) is 13.0. The number of nitrogens with one attached hydrogen (secondary N) is 1. The fourth-order valence-electron chi connectivity index (χ4n) is 5.10. The summed E-state index contributed by atoms with van der Waals surface area (Å²) in [5.41, 5.74) is 1.62. The number of nitrogens with zero attached hydrogens (tertiary/aromatic N) is 1. The monoisotopic (exact) mass is 388 g/mol. The van der Waals surface area contributed by atoms with Crippen molar-refractivity contribution >= 4 is 23.6 Å². The van der Waals surface area contributed by atoms with Crippen molar-refractivity contribution in [1.82, 2.24) is 10.2 Å². The molecule has 146 valence electrons. The summed E-state index contributed by atoms with van der Waals surface area (Å²) in [4.78, 5) is 27.0. The van der Waals surface area contributed by atoms with Crippen LogP contribution in [0.5, 0.6) is 0 Å². The van der Waals surface area contributed by atoms with Crippen LogP contribution in [0.15, 0.2) is 24.3 Å². The minimum atomic E-state index is -0.168. The van der Waals surface area contributed by atoms with Crippen LogP contribution >= 0.6 is 11.8 Å². The second kappa shape index (κ2) is 7.47. The number of likely N-dealkylation sites (tertiary alicyclic amines) is 1. The van der Waals surface area contributed by atoms with Gasteiger partial charge in [0.25, 0.3) is 5.91 Å². The number of hydrogen-bond donors (Lipinski definition) is 1. The molecule has 5 nitrogen and oxygen atoms in total. The van der Waals surface area contributed by atoms with Crippen LogP contribution in [0.25, 0.3) is 0 Å². The normalized spacial score (nSPS) is 31.2. The predicted molar refractivity (Wildman–Crippen MR) is 107 cm³/mol. The van der Waals surface area contributed by atoms with E-state index in [-0.39, 0.29) is 23.5 Å². The summed E-state index contributed by atoms with van der Waals surface area (Å²) in [6, 6.07) is 7.67. The second-order valence-corrected chi connectivity index (χ2v) is 9.11. The molecule has 0 unspecified atom stereocenters. The molecule has 0 saturated carbocycles. The fraction of sp³-hybridized carbons (Fsp3) is 0.619. The van der Waals surface area contributed by atoms with E-state index in [1.807, 2.05) is 42.3 Å². The van der Waals surface area contributed by atoms with Crippen LogP contribution in [-0.4, -0.2) is 60.1 Å². The van der Waals surface area contributed by atoms with Crippen molar-refractivity contribution in [2.24, 2.45) is 11.8 Å². The number of rotatable bonds is 6. The highest BCUT2D eigenvalue weighted by molar-refractivity contribution is 7.98. The molecule has 4 atom stereocenters. The van der Waals surface area contributed by atoms with E-state index in [9.17, 15) is 9.59 Å². The van der Waals surface area contributed by atoms with Crippen LogP contribution in [-0.2, 0) is 9.53 Å². The summed E-state index contributed by atoms with van der Waals surface area (Å²) in [6.45, 7) is 4.11. The van der Waals surface area contributed by atoms with Crippen molar-refractivity contribution < 1.29 is 14.3 Å². The Labute approximate surface area is 165 Å². The minimum absolute atomic E-state index is 0.0265. The Hall–Kier alpha value is -1.53. The molecule has 3 heterocycles. The van der Waals surface area contributed by atoms with Gasteiger partial charge in [-0.05, 0) is 38.2 Å². The number of ether oxygens (including phenoxy) is 1. The molecule has 3 aliphatic heterocycles. The third-order valence-electron chi connectivity index (χ3n) is 6.44. The van der Waals surface area contributed by atoms with Crippen LogP contribution in [0.1, 0.15) is 35.2 Å². The van der Waals surface area contributed by atoms with Crippen molar-refractivity contribution in [3.8, 4) is 0 Å². The van der Waals surface area contributed by atoms with Crippen LogP contribution in [0.4, 0.5) is 0 Å². The van der Waals surface area contributed by atoms with Crippen LogP contribution in [0.3, 0.4) is 0 Å². The van der Waals surface area contributed by atoms with E-state index >= 15 is 0 Å². The van der Waals surface area contributed by atoms with Crippen molar-refractivity contribution in [1.29, 1.82) is 0 Å². The Morgan fingerprint density at radius 3 is 3.04 bits per heavy atom. The first kappa shape index (κ1) is 18.8. The number of hydrogen-bond acceptors (Lipinski definition) is 4. The Morgan fingerprint density at radius 2 is 2.26 bits per heavy atom. The topological polar surface area (TPSA) is 58.6 Å². The lowest BCUT2D eigenvalue weighted by molar-refractivity contribution is -0.131. The third-order valence-corrected chi connectivity index (χ3v) is 7.05. The highest BCUT2D eigenvalue weighted by Gasteiger charge is 2.63. The molecule has 3 saturated heterocycles. The van der Waals surface area contributed by atoms with Gasteiger partial charge >= 0.3 is 0 Å². The molecular weight excluding hydrogens is 360 g/mol. The zero-order valence-corrected chi connectivity index (χ0v) is 16.9. The standard InChI is InChI=1S/C21H28N2O3S/c1-14-4-3-5-15(10-14)20(25)22-11-16-17-12-23(19(24)7-9-27-2)13-21(17)8-6-18(16)26-21/h3-5,10,16-18H,6-9,11-13H2,1-2H3,(H,22,25)/t16-,17+,18+,21+/m0/s1. The minimum Gasteiger partial charge on any atom is -0.369 e. The average Bonchev–Trinajstić information content (AvgIpc) is 3.32. The summed E-state index contributed by atoms with van der Waals surface area (Å²) >= 11 is 1.71. The van der Waals surface area contributed by atoms with E-state index in [2.05, 4.69) is 5.32 Å². The Balaban J connectivity index is 1.39. The fourth-order valence-corrected chi connectivity index (χ4v) is 5.48. The summed E-state index contributed by atoms with van der Waals surface area (Å²) in [5, 5.41) is 3.11. The van der Waals surface area contributed by atoms with Gasteiger partial charge in [-0.3, -0.25) is 9.59 Å². The van der Waals surface area contributed by atoms with Crippen LogP contribution < -0.4 is 5.32 Å². The summed E-state index contributed by atoms with van der Waals surface area (Å²) < 4.78 is 6.39. The van der Waals surface area contributed by atoms with E-state index in [0.29, 0.717) is 30.4 Å². The zero-order valence-electron chi connectivity index (χ0n) is 16.1. The smallest absolute Gasteiger partial charge is 0.251 e. The van der Waals surface area contributed by atoms with Gasteiger partial charge in [-0.15, -0.1) is 0 Å². The number of amides is 2. The predicted octanol–water partition coefficient (Wildman–Crippen LogP) is 2.48. The van der Waals surface area contributed by atoms with E-state index in [1.54, 1.807) is 11.8 Å². The molecule has 1 aromatic rings. The SMILES string of the molecule is CSCCC(=O)N1C[C@@H]2[C@H](CNC(=O)c3cccc(C)c3)[C@H]3CC[C@]2(C1)O3. The summed E-state index contributed by atoms with van der Waals surface area (Å²) in [7, 11) is 0. The molecule has 0 aromatic heterocycles. The van der Waals surface area contributed by atoms with Gasteiger partial charge in [0.2, 0.25) is 5.91 Å². The average molecular weight is 389 g/mol. The lowest BCUT2D eigenvalue weighted by atomic mass is 9.73. The van der Waals surface area contributed by atoms with Gasteiger partial charge in [-0.1, -0.05) is 17.7 Å². The largest absolute Gasteiger partial charge is 0.369 e. The van der Waals surface area contributed by atoms with Gasteiger partial charge in [0.1, 0.15) is 0 Å². The number of carbonyl (C=O) groups is 2. The molecule has 1 N–H and O–H groups in total. The molecule has 27 heavy (non-hydrogen) atoms. The number of benzene rings is 1. The molecule has 1 spiro atoms. The molecule has 0 aliphatic carbocycles. The second-order valence-electron chi connectivity index (χ2n) is 8.13. The first-order valence-electron chi connectivity index (χ1n) is 9.82. The number of fused-ring (bicyclic) bond motifs is 1. The van der Waals surface area contributed by atoms with Crippen LogP contribution in [0.2, 0.25) is 0 Å². The van der Waals surface area contributed by atoms with Gasteiger partial charge in [-0.25, -0.2) is 0 Å². The maximum atomic E-state index is 12.5. The maximum Gasteiger partial charge on any atom is 0.251 e. The summed E-state index contributed by atoms with van der Waals surface area (Å²) in [6.07, 6.45) is 4.92. The van der Waals surface area contributed by atoms with Gasteiger partial charge in [0.15, 0.2) is 0 Å². The van der Waals surface area contributed by atoms with E-state index < -0.39 is 0 Å². The van der Waals surface area contributed by atoms with Gasteiger partial charge in [-0.2, -0.15) is 11.8 Å². The lowest BCUT2D eigenvalue weighted by Gasteiger charge is -2.29. The molecule has 1 aromatic carbocycles. The van der Waals surface area contributed by atoms with Crippen molar-refractivity contribution in [3.63, 3.8) is 0 Å². The third kappa shape index (κ3) is 3.49. The summed E-state index contributed by atoms with van der Waals surface area (Å²) in [5.74, 6) is 1.72. The lowest BCUT2D eigenvalue weighted by Crippen LogP contribution is -2.41. The maximum absolute atomic E-state index is 12.5. The Kier molecular flexibility index (Phi) is 5.21. The number of aryl methyl sites for hydroxylation is 1. The highest BCUT2D eigenvalue weighted by Crippen LogP contribution is 2.54. The number of thioether (sulfide) groups is 1. The molecule has 2 bridgehead atoms. The molecule has 0 radical (unpaired) electrons. The Bertz CT molecular complexity index is 740. The quantitative estimate of drug-likeness (QED) is 0.813. The van der Waals surface area contributed by atoms with E-state index in [1.165, 1.54) is 0 Å². The van der Waals surface area contributed by atoms with Crippen molar-refractivity contribution in [2.45, 2.75) is 37.9 Å². The highest BCUT2D eigenvalue weighted by atomic mass is 32.2. The number of carbonyl (C=O) groups excluding carboxylic acids is 2. The molecule has 6 heteroatoms.